The van der Waals surface area contributed by atoms with Crippen molar-refractivity contribution in [1.82, 2.24) is 14.9 Å². The number of nitrogens with one attached hydrogen (secondary N) is 1. The number of hydrogen-bond donors (Lipinski definition) is 2. The van der Waals surface area contributed by atoms with Gasteiger partial charge in [-0.15, -0.1) is 13.2 Å². The third-order valence-corrected chi connectivity index (χ3v) is 3.68. The molecule has 1 aliphatic heterocycles. The molecule has 0 saturated carbocycles. The predicted octanol–water partition coefficient (Wildman–Crippen LogP) is 2.81. The summed E-state index contributed by atoms with van der Waals surface area (Å²) in [5, 5.41) is 9.59. The number of anilines is 1. The molecule has 2 heterocycles. The van der Waals surface area contributed by atoms with Crippen LogP contribution in [0.1, 0.15) is 13.3 Å². The van der Waals surface area contributed by atoms with Crippen LogP contribution < -0.4 is 5.32 Å². The molecule has 1 aliphatic rings. The van der Waals surface area contributed by atoms with Crippen LogP contribution in [0.2, 0.25) is 0 Å². The number of aromatic nitrogens is 2. The number of carbonyl (C=O) groups is 1. The van der Waals surface area contributed by atoms with Crippen LogP contribution in [0.5, 0.6) is 0 Å². The number of carbonyl (C=O) groups excluding carboxylic acids is 1. The number of hydrogen-bond acceptors (Lipinski definition) is 5. The molecular formula is C17H18F4N4O2. The van der Waals surface area contributed by atoms with Crippen LogP contribution >= 0.6 is 0 Å². The standard InChI is InChI=1S/C16H17FN4O.CHF3O/c1-11(16(22)21-7-2-8-21)19-15-10-18-9-14(20-15)12-3-5-13(17)6-4-12;2-1(3,4)5/h3-6,9-11H,2,7-8H2,1H3,(H,19,20);5H/t11-;/m1./s1. The Kier molecular flexibility index (Phi) is 6.67. The van der Waals surface area contributed by atoms with Gasteiger partial charge >= 0.3 is 6.36 Å². The van der Waals surface area contributed by atoms with Gasteiger partial charge in [0.2, 0.25) is 5.91 Å². The van der Waals surface area contributed by atoms with Crippen LogP contribution in [-0.2, 0) is 4.79 Å². The average molecular weight is 386 g/mol. The van der Waals surface area contributed by atoms with Gasteiger partial charge in [0, 0.05) is 18.7 Å². The third kappa shape index (κ3) is 6.81. The van der Waals surface area contributed by atoms with Crippen LogP contribution in [0.15, 0.2) is 36.7 Å². The van der Waals surface area contributed by atoms with Crippen LogP contribution in [0, 0.1) is 5.82 Å². The Morgan fingerprint density at radius 2 is 1.81 bits per heavy atom. The van der Waals surface area contributed by atoms with Gasteiger partial charge in [-0.3, -0.25) is 9.78 Å². The molecule has 27 heavy (non-hydrogen) atoms. The van der Waals surface area contributed by atoms with E-state index in [1.54, 1.807) is 24.5 Å². The lowest BCUT2D eigenvalue weighted by Crippen LogP contribution is -2.48. The maximum atomic E-state index is 13.0. The highest BCUT2D eigenvalue weighted by Crippen LogP contribution is 2.18. The summed E-state index contributed by atoms with van der Waals surface area (Å²) in [6.07, 6.45) is -0.744. The topological polar surface area (TPSA) is 78.4 Å². The third-order valence-electron chi connectivity index (χ3n) is 3.68. The van der Waals surface area contributed by atoms with Gasteiger partial charge in [0.1, 0.15) is 17.7 Å². The molecule has 0 unspecified atom stereocenters. The monoisotopic (exact) mass is 386 g/mol. The van der Waals surface area contributed by atoms with Crippen LogP contribution in [0.4, 0.5) is 23.4 Å². The van der Waals surface area contributed by atoms with Crippen molar-refractivity contribution in [2.24, 2.45) is 0 Å². The van der Waals surface area contributed by atoms with E-state index in [1.807, 2.05) is 11.8 Å². The number of amides is 1. The quantitative estimate of drug-likeness (QED) is 0.790. The summed E-state index contributed by atoms with van der Waals surface area (Å²) in [5.74, 6) is 0.309. The lowest BCUT2D eigenvalue weighted by molar-refractivity contribution is -0.295. The minimum Gasteiger partial charge on any atom is -0.357 e. The molecule has 0 spiro atoms. The highest BCUT2D eigenvalue weighted by molar-refractivity contribution is 5.84. The summed E-state index contributed by atoms with van der Waals surface area (Å²) in [4.78, 5) is 22.5. The van der Waals surface area contributed by atoms with E-state index in [-0.39, 0.29) is 17.8 Å². The van der Waals surface area contributed by atoms with Crippen molar-refractivity contribution in [2.75, 3.05) is 18.4 Å². The van der Waals surface area contributed by atoms with Crippen molar-refractivity contribution in [1.29, 1.82) is 0 Å². The summed E-state index contributed by atoms with van der Waals surface area (Å²) in [6, 6.07) is 5.72. The predicted molar refractivity (Wildman–Crippen MR) is 90.0 cm³/mol. The zero-order valence-electron chi connectivity index (χ0n) is 14.4. The Hall–Kier alpha value is -2.75. The highest BCUT2D eigenvalue weighted by Gasteiger charge is 2.25. The van der Waals surface area contributed by atoms with Crippen molar-refractivity contribution in [2.45, 2.75) is 25.7 Å². The molecule has 0 radical (unpaired) electrons. The van der Waals surface area contributed by atoms with Gasteiger partial charge < -0.3 is 15.3 Å². The second-order valence-corrected chi connectivity index (χ2v) is 5.81. The molecule has 146 valence electrons. The maximum Gasteiger partial charge on any atom is 0.519 e. The first-order valence-electron chi connectivity index (χ1n) is 8.06. The largest absolute Gasteiger partial charge is 0.519 e. The molecular weight excluding hydrogens is 368 g/mol. The normalized spacial score (nSPS) is 14.5. The van der Waals surface area contributed by atoms with Gasteiger partial charge in [-0.25, -0.2) is 9.37 Å². The lowest BCUT2D eigenvalue weighted by Gasteiger charge is -2.33. The molecule has 0 aliphatic carbocycles. The van der Waals surface area contributed by atoms with E-state index in [9.17, 15) is 22.4 Å². The molecule has 1 aromatic heterocycles. The van der Waals surface area contributed by atoms with Gasteiger partial charge in [-0.05, 0) is 37.6 Å². The number of alkyl halides is 3. The molecule has 6 nitrogen and oxygen atoms in total. The van der Waals surface area contributed by atoms with E-state index in [4.69, 9.17) is 5.11 Å². The fourth-order valence-corrected chi connectivity index (χ4v) is 2.29. The van der Waals surface area contributed by atoms with Gasteiger partial charge in [-0.2, -0.15) is 0 Å². The Bertz CT molecular complexity index is 758. The number of nitrogens with zero attached hydrogens (tertiary/aromatic N) is 3. The zero-order chi connectivity index (χ0) is 20.0. The number of halogens is 4. The molecule has 10 heteroatoms. The molecule has 3 rings (SSSR count). The van der Waals surface area contributed by atoms with E-state index in [2.05, 4.69) is 15.3 Å². The molecule has 1 aromatic carbocycles. The van der Waals surface area contributed by atoms with E-state index < -0.39 is 6.36 Å². The van der Waals surface area contributed by atoms with E-state index in [0.29, 0.717) is 11.5 Å². The minimum absolute atomic E-state index is 0.0697. The molecule has 1 atom stereocenters. The number of rotatable bonds is 4. The Morgan fingerprint density at radius 3 is 2.33 bits per heavy atom. The Morgan fingerprint density at radius 1 is 1.22 bits per heavy atom. The first-order valence-corrected chi connectivity index (χ1v) is 8.06. The molecule has 1 fully saturated rings. The summed E-state index contributed by atoms with van der Waals surface area (Å²) in [6.45, 7) is 3.46. The second-order valence-electron chi connectivity index (χ2n) is 5.81. The van der Waals surface area contributed by atoms with Crippen LogP contribution in [0.25, 0.3) is 11.3 Å². The fourth-order valence-electron chi connectivity index (χ4n) is 2.29. The maximum absolute atomic E-state index is 13.0. The van der Waals surface area contributed by atoms with Crippen molar-refractivity contribution >= 4 is 11.7 Å². The molecule has 1 amide bonds. The fraction of sp³-hybridized carbons (Fsp3) is 0.353. The first kappa shape index (κ1) is 20.6. The van der Waals surface area contributed by atoms with Gasteiger partial charge in [0.05, 0.1) is 18.1 Å². The van der Waals surface area contributed by atoms with Crippen LogP contribution in [0.3, 0.4) is 0 Å². The smallest absolute Gasteiger partial charge is 0.357 e. The SMILES string of the molecule is C[C@@H](Nc1cncc(-c2ccc(F)cc2)n1)C(=O)N1CCC1.OC(F)(F)F. The number of likely N-dealkylation sites (tertiary alicyclic amines) is 1. The summed E-state index contributed by atoms with van der Waals surface area (Å²) >= 11 is 0. The Balaban J connectivity index is 0.000000465. The van der Waals surface area contributed by atoms with Gasteiger partial charge in [0.15, 0.2) is 0 Å². The molecule has 0 bridgehead atoms. The van der Waals surface area contributed by atoms with Crippen molar-refractivity contribution in [3.8, 4) is 11.3 Å². The second kappa shape index (κ2) is 8.76. The van der Waals surface area contributed by atoms with E-state index >= 15 is 0 Å². The van der Waals surface area contributed by atoms with Crippen molar-refractivity contribution < 1.29 is 27.5 Å². The zero-order valence-corrected chi connectivity index (χ0v) is 14.4. The minimum atomic E-state index is -5.00. The van der Waals surface area contributed by atoms with E-state index in [1.165, 1.54) is 12.1 Å². The summed E-state index contributed by atoms with van der Waals surface area (Å²) < 4.78 is 42.7. The van der Waals surface area contributed by atoms with Crippen molar-refractivity contribution in [3.05, 3.63) is 42.5 Å². The van der Waals surface area contributed by atoms with E-state index in [0.717, 1.165) is 25.1 Å². The van der Waals surface area contributed by atoms with Crippen LogP contribution in [-0.4, -0.2) is 51.4 Å². The number of aliphatic hydroxyl groups is 1. The molecule has 2 aromatic rings. The lowest BCUT2D eigenvalue weighted by atomic mass is 10.1. The Labute approximate surface area is 152 Å². The molecule has 1 saturated heterocycles. The van der Waals surface area contributed by atoms with Crippen molar-refractivity contribution in [3.63, 3.8) is 0 Å². The first-order chi connectivity index (χ1) is 12.6. The summed E-state index contributed by atoms with van der Waals surface area (Å²) in [7, 11) is 0. The molecule has 2 N–H and O–H groups in total. The van der Waals surface area contributed by atoms with Gasteiger partial charge in [-0.1, -0.05) is 0 Å². The van der Waals surface area contributed by atoms with Gasteiger partial charge in [0.25, 0.3) is 0 Å². The summed E-state index contributed by atoms with van der Waals surface area (Å²) in [5.41, 5.74) is 1.41. The number of benzene rings is 1. The average Bonchev–Trinajstić information content (AvgIpc) is 2.52. The highest BCUT2D eigenvalue weighted by atomic mass is 19.4.